The molecule has 0 atom stereocenters. The first-order valence-corrected chi connectivity index (χ1v) is 8.53. The van der Waals surface area contributed by atoms with Crippen molar-refractivity contribution in [3.63, 3.8) is 0 Å². The molecular weight excluding hydrogens is 330 g/mol. The third-order valence-corrected chi connectivity index (χ3v) is 4.19. The lowest BCUT2D eigenvalue weighted by Crippen LogP contribution is -2.20. The highest BCUT2D eigenvalue weighted by atomic mass is 79.9. The standard InChI is InChI=1S/C17H28BrNO2/c1-5-14(6-2)12-21-17-13(3)9-16(18)10-15(17)11-19-7-8-20-4/h9-10,14,19H,5-8,11-12H2,1-4H3. The van der Waals surface area contributed by atoms with Crippen molar-refractivity contribution in [3.05, 3.63) is 27.7 Å². The molecule has 0 fully saturated rings. The number of hydrogen-bond acceptors (Lipinski definition) is 3. The number of halogens is 1. The molecule has 1 N–H and O–H groups in total. The van der Waals surface area contributed by atoms with Gasteiger partial charge >= 0.3 is 0 Å². The summed E-state index contributed by atoms with van der Waals surface area (Å²) < 4.78 is 12.3. The third-order valence-electron chi connectivity index (χ3n) is 3.73. The van der Waals surface area contributed by atoms with Crippen LogP contribution in [-0.4, -0.2) is 26.9 Å². The van der Waals surface area contributed by atoms with Gasteiger partial charge in [-0.05, 0) is 30.5 Å². The van der Waals surface area contributed by atoms with Gasteiger partial charge in [0.2, 0.25) is 0 Å². The van der Waals surface area contributed by atoms with Crippen LogP contribution in [0.5, 0.6) is 5.75 Å². The molecule has 0 aliphatic heterocycles. The van der Waals surface area contributed by atoms with Crippen molar-refractivity contribution < 1.29 is 9.47 Å². The van der Waals surface area contributed by atoms with Crippen LogP contribution in [0, 0.1) is 12.8 Å². The van der Waals surface area contributed by atoms with Gasteiger partial charge in [-0.15, -0.1) is 0 Å². The van der Waals surface area contributed by atoms with Crippen molar-refractivity contribution in [2.24, 2.45) is 5.92 Å². The van der Waals surface area contributed by atoms with E-state index < -0.39 is 0 Å². The average molecular weight is 358 g/mol. The molecule has 0 spiro atoms. The van der Waals surface area contributed by atoms with E-state index in [4.69, 9.17) is 9.47 Å². The molecule has 0 radical (unpaired) electrons. The lowest BCUT2D eigenvalue weighted by Gasteiger charge is -2.19. The Bertz CT molecular complexity index is 419. The Kier molecular flexibility index (Phi) is 8.97. The number of nitrogens with one attached hydrogen (secondary N) is 1. The van der Waals surface area contributed by atoms with Crippen molar-refractivity contribution in [1.29, 1.82) is 0 Å². The molecule has 0 aliphatic rings. The fourth-order valence-electron chi connectivity index (χ4n) is 2.26. The second-order valence-corrected chi connectivity index (χ2v) is 6.29. The normalized spacial score (nSPS) is 11.1. The Morgan fingerprint density at radius 2 is 1.95 bits per heavy atom. The summed E-state index contributed by atoms with van der Waals surface area (Å²) in [7, 11) is 1.72. The molecule has 0 unspecified atom stereocenters. The average Bonchev–Trinajstić information content (AvgIpc) is 2.46. The van der Waals surface area contributed by atoms with Crippen molar-refractivity contribution in [3.8, 4) is 5.75 Å². The van der Waals surface area contributed by atoms with Crippen LogP contribution in [0.3, 0.4) is 0 Å². The predicted octanol–water partition coefficient (Wildman–Crippen LogP) is 4.31. The number of benzene rings is 1. The molecule has 0 saturated heterocycles. The molecule has 0 aliphatic carbocycles. The second kappa shape index (κ2) is 10.2. The molecular formula is C17H28BrNO2. The molecule has 1 aromatic rings. The number of aryl methyl sites for hydroxylation is 1. The maximum absolute atomic E-state index is 6.13. The van der Waals surface area contributed by atoms with Crippen LogP contribution in [0.1, 0.15) is 37.8 Å². The summed E-state index contributed by atoms with van der Waals surface area (Å²) in [6.45, 7) is 9.69. The molecule has 0 amide bonds. The Labute approximate surface area is 137 Å². The number of ether oxygens (including phenoxy) is 2. The quantitative estimate of drug-likeness (QED) is 0.633. The fourth-order valence-corrected chi connectivity index (χ4v) is 2.88. The lowest BCUT2D eigenvalue weighted by atomic mass is 10.0. The van der Waals surface area contributed by atoms with Gasteiger partial charge in [0.1, 0.15) is 5.75 Å². The Morgan fingerprint density at radius 1 is 1.24 bits per heavy atom. The zero-order chi connectivity index (χ0) is 15.7. The van der Waals surface area contributed by atoms with E-state index in [2.05, 4.69) is 54.2 Å². The first-order valence-electron chi connectivity index (χ1n) is 7.73. The van der Waals surface area contributed by atoms with Crippen molar-refractivity contribution in [2.75, 3.05) is 26.9 Å². The van der Waals surface area contributed by atoms with Gasteiger partial charge < -0.3 is 14.8 Å². The minimum absolute atomic E-state index is 0.627. The first kappa shape index (κ1) is 18.5. The molecule has 4 heteroatoms. The van der Waals surface area contributed by atoms with E-state index in [-0.39, 0.29) is 0 Å². The van der Waals surface area contributed by atoms with Crippen LogP contribution in [0.4, 0.5) is 0 Å². The highest BCUT2D eigenvalue weighted by Gasteiger charge is 2.11. The highest BCUT2D eigenvalue weighted by molar-refractivity contribution is 9.10. The van der Waals surface area contributed by atoms with E-state index in [1.807, 2.05) is 0 Å². The molecule has 0 heterocycles. The summed E-state index contributed by atoms with van der Waals surface area (Å²) in [5.41, 5.74) is 2.38. The maximum atomic E-state index is 6.13. The maximum Gasteiger partial charge on any atom is 0.126 e. The largest absolute Gasteiger partial charge is 0.493 e. The topological polar surface area (TPSA) is 30.5 Å². The minimum Gasteiger partial charge on any atom is -0.493 e. The molecule has 21 heavy (non-hydrogen) atoms. The van der Waals surface area contributed by atoms with Gasteiger partial charge in [-0.25, -0.2) is 0 Å². The van der Waals surface area contributed by atoms with Crippen molar-refractivity contribution in [1.82, 2.24) is 5.32 Å². The van der Waals surface area contributed by atoms with Gasteiger partial charge in [-0.3, -0.25) is 0 Å². The number of hydrogen-bond donors (Lipinski definition) is 1. The van der Waals surface area contributed by atoms with Crippen molar-refractivity contribution in [2.45, 2.75) is 40.2 Å². The van der Waals surface area contributed by atoms with Gasteiger partial charge in [-0.1, -0.05) is 42.6 Å². The summed E-state index contributed by atoms with van der Waals surface area (Å²) in [5, 5.41) is 3.39. The van der Waals surface area contributed by atoms with Gasteiger partial charge in [0, 0.05) is 30.2 Å². The van der Waals surface area contributed by atoms with E-state index in [0.717, 1.165) is 49.4 Å². The molecule has 3 nitrogen and oxygen atoms in total. The van der Waals surface area contributed by atoms with Crippen molar-refractivity contribution >= 4 is 15.9 Å². The third kappa shape index (κ3) is 6.37. The number of methoxy groups -OCH3 is 1. The SMILES string of the molecule is CCC(CC)COc1c(C)cc(Br)cc1CNCCOC. The van der Waals surface area contributed by atoms with Crippen LogP contribution in [0.15, 0.2) is 16.6 Å². The summed E-state index contributed by atoms with van der Waals surface area (Å²) >= 11 is 3.57. The Hall–Kier alpha value is -0.580. The summed E-state index contributed by atoms with van der Waals surface area (Å²) in [6, 6.07) is 4.25. The molecule has 120 valence electrons. The molecule has 0 aromatic heterocycles. The van der Waals surface area contributed by atoms with Crippen LogP contribution in [0.2, 0.25) is 0 Å². The van der Waals surface area contributed by atoms with Gasteiger partial charge in [0.25, 0.3) is 0 Å². The Balaban J connectivity index is 2.74. The van der Waals surface area contributed by atoms with Crippen LogP contribution in [-0.2, 0) is 11.3 Å². The van der Waals surface area contributed by atoms with E-state index in [1.54, 1.807) is 7.11 Å². The minimum atomic E-state index is 0.627. The summed E-state index contributed by atoms with van der Waals surface area (Å²) in [5.74, 6) is 1.65. The summed E-state index contributed by atoms with van der Waals surface area (Å²) in [4.78, 5) is 0. The number of rotatable bonds is 10. The van der Waals surface area contributed by atoms with Crippen LogP contribution in [0.25, 0.3) is 0 Å². The summed E-state index contributed by atoms with van der Waals surface area (Å²) in [6.07, 6.45) is 2.32. The predicted molar refractivity (Wildman–Crippen MR) is 92.0 cm³/mol. The first-order chi connectivity index (χ1) is 10.1. The molecule has 0 bridgehead atoms. The second-order valence-electron chi connectivity index (χ2n) is 5.37. The van der Waals surface area contributed by atoms with E-state index >= 15 is 0 Å². The van der Waals surface area contributed by atoms with E-state index in [0.29, 0.717) is 5.92 Å². The van der Waals surface area contributed by atoms with Crippen LogP contribution >= 0.6 is 15.9 Å². The highest BCUT2D eigenvalue weighted by Crippen LogP contribution is 2.29. The van der Waals surface area contributed by atoms with Gasteiger partial charge in [-0.2, -0.15) is 0 Å². The Morgan fingerprint density at radius 3 is 2.57 bits per heavy atom. The van der Waals surface area contributed by atoms with E-state index in [9.17, 15) is 0 Å². The van der Waals surface area contributed by atoms with Crippen LogP contribution < -0.4 is 10.1 Å². The zero-order valence-corrected chi connectivity index (χ0v) is 15.3. The molecule has 1 aromatic carbocycles. The smallest absolute Gasteiger partial charge is 0.126 e. The lowest BCUT2D eigenvalue weighted by molar-refractivity contribution is 0.198. The zero-order valence-electron chi connectivity index (χ0n) is 13.7. The van der Waals surface area contributed by atoms with Gasteiger partial charge in [0.15, 0.2) is 0 Å². The fraction of sp³-hybridized carbons (Fsp3) is 0.647. The van der Waals surface area contributed by atoms with E-state index in [1.165, 1.54) is 11.1 Å². The monoisotopic (exact) mass is 357 g/mol. The molecule has 0 saturated carbocycles. The van der Waals surface area contributed by atoms with Gasteiger partial charge in [0.05, 0.1) is 13.2 Å². The molecule has 1 rings (SSSR count).